The highest BCUT2D eigenvalue weighted by molar-refractivity contribution is 6.04. The molecule has 0 spiro atoms. The fraction of sp³-hybridized carbons (Fsp3) is 0.450. The van der Waals surface area contributed by atoms with Crippen molar-refractivity contribution in [3.63, 3.8) is 0 Å². The molecule has 1 aromatic heterocycles. The number of anilines is 2. The van der Waals surface area contributed by atoms with Crippen LogP contribution < -0.4 is 16.0 Å². The summed E-state index contributed by atoms with van der Waals surface area (Å²) in [5, 5.41) is 16.2. The second kappa shape index (κ2) is 9.76. The molecular formula is C20H27ClN6O2. The lowest BCUT2D eigenvalue weighted by Gasteiger charge is -2.20. The van der Waals surface area contributed by atoms with Crippen molar-refractivity contribution in [2.75, 3.05) is 30.3 Å². The maximum atomic E-state index is 12.6. The van der Waals surface area contributed by atoms with E-state index in [1.54, 1.807) is 24.3 Å². The average molecular weight is 419 g/mol. The highest BCUT2D eigenvalue weighted by atomic mass is 35.5. The van der Waals surface area contributed by atoms with Crippen LogP contribution in [0.3, 0.4) is 0 Å². The number of hydrogen-bond donors (Lipinski definition) is 4. The number of aromatic amines is 1. The molecule has 0 unspecified atom stereocenters. The predicted octanol–water partition coefficient (Wildman–Crippen LogP) is 3.14. The van der Waals surface area contributed by atoms with Gasteiger partial charge in [-0.3, -0.25) is 9.89 Å². The van der Waals surface area contributed by atoms with Gasteiger partial charge in [0, 0.05) is 55.2 Å². The average Bonchev–Trinajstić information content (AvgIpc) is 2.95. The third-order valence-corrected chi connectivity index (χ3v) is 5.31. The topological polar surface area (TPSA) is 102 Å². The van der Waals surface area contributed by atoms with Crippen molar-refractivity contribution in [3.05, 3.63) is 41.2 Å². The summed E-state index contributed by atoms with van der Waals surface area (Å²) in [5.74, 6) is -0.234. The number of fused-ring (bicyclic) bond motifs is 1. The maximum absolute atomic E-state index is 12.6. The molecule has 0 bridgehead atoms. The fourth-order valence-corrected chi connectivity index (χ4v) is 3.72. The van der Waals surface area contributed by atoms with E-state index in [0.717, 1.165) is 50.2 Å². The Morgan fingerprint density at radius 1 is 0.966 bits per heavy atom. The largest absolute Gasteiger partial charge is 0.325 e. The van der Waals surface area contributed by atoms with Crippen molar-refractivity contribution in [1.82, 2.24) is 20.4 Å². The first-order chi connectivity index (χ1) is 13.7. The zero-order chi connectivity index (χ0) is 19.3. The summed E-state index contributed by atoms with van der Waals surface area (Å²) in [7, 11) is 0. The number of amides is 3. The molecule has 3 heterocycles. The van der Waals surface area contributed by atoms with Gasteiger partial charge in [0.1, 0.15) is 0 Å². The lowest BCUT2D eigenvalue weighted by molar-refractivity contribution is 0.102. The molecular weight excluding hydrogens is 392 g/mol. The molecule has 2 aromatic rings. The Morgan fingerprint density at radius 2 is 1.62 bits per heavy atom. The zero-order valence-corrected chi connectivity index (χ0v) is 17.1. The molecule has 3 amide bonds. The van der Waals surface area contributed by atoms with Gasteiger partial charge in [0.2, 0.25) is 0 Å². The Balaban J connectivity index is 0.00000240. The third-order valence-electron chi connectivity index (χ3n) is 5.31. The SMILES string of the molecule is Cl.O=C(Nc1ccc(NC(=O)N2CCCCCC2)cc1)c1n[nH]c2c1CNCC2. The Kier molecular flexibility index (Phi) is 7.11. The van der Waals surface area contributed by atoms with Crippen molar-refractivity contribution >= 4 is 35.7 Å². The lowest BCUT2D eigenvalue weighted by atomic mass is 10.1. The molecule has 4 rings (SSSR count). The van der Waals surface area contributed by atoms with Crippen LogP contribution >= 0.6 is 12.4 Å². The Bertz CT molecular complexity index is 843. The van der Waals surface area contributed by atoms with Gasteiger partial charge in [-0.25, -0.2) is 4.79 Å². The Hall–Kier alpha value is -2.58. The summed E-state index contributed by atoms with van der Waals surface area (Å²) in [6.45, 7) is 3.16. The smallest absolute Gasteiger partial charge is 0.321 e. The second-order valence-corrected chi connectivity index (χ2v) is 7.32. The van der Waals surface area contributed by atoms with Crippen LogP contribution in [0.15, 0.2) is 24.3 Å². The number of nitrogens with one attached hydrogen (secondary N) is 4. The number of hydrogen-bond acceptors (Lipinski definition) is 4. The number of benzene rings is 1. The summed E-state index contributed by atoms with van der Waals surface area (Å²) < 4.78 is 0. The van der Waals surface area contributed by atoms with E-state index in [2.05, 4.69) is 26.1 Å². The highest BCUT2D eigenvalue weighted by Gasteiger charge is 2.21. The summed E-state index contributed by atoms with van der Waals surface area (Å²) in [5.41, 5.74) is 3.77. The van der Waals surface area contributed by atoms with E-state index in [1.165, 1.54) is 12.8 Å². The van der Waals surface area contributed by atoms with E-state index < -0.39 is 0 Å². The fourth-order valence-electron chi connectivity index (χ4n) is 3.72. The second-order valence-electron chi connectivity index (χ2n) is 7.32. The van der Waals surface area contributed by atoms with E-state index in [-0.39, 0.29) is 24.3 Å². The normalized spacial score (nSPS) is 16.2. The molecule has 0 atom stereocenters. The van der Waals surface area contributed by atoms with Crippen LogP contribution in [0.5, 0.6) is 0 Å². The van der Waals surface area contributed by atoms with Crippen LogP contribution in [0, 0.1) is 0 Å². The standard InChI is InChI=1S/C20H26N6O2.ClH/c27-19(18-16-13-21-10-9-17(16)24-25-18)22-14-5-7-15(8-6-14)23-20(28)26-11-3-1-2-4-12-26;/h5-8,21H,1-4,9-13H2,(H,22,27)(H,23,28)(H,24,25);1H. The minimum atomic E-state index is -0.234. The van der Waals surface area contributed by atoms with Crippen LogP contribution in [0.4, 0.5) is 16.2 Å². The quantitative estimate of drug-likeness (QED) is 0.614. The van der Waals surface area contributed by atoms with Gasteiger partial charge in [0.15, 0.2) is 5.69 Å². The van der Waals surface area contributed by atoms with E-state index in [4.69, 9.17) is 0 Å². The van der Waals surface area contributed by atoms with Gasteiger partial charge in [-0.15, -0.1) is 12.4 Å². The van der Waals surface area contributed by atoms with Crippen molar-refractivity contribution in [2.45, 2.75) is 38.6 Å². The summed E-state index contributed by atoms with van der Waals surface area (Å²) in [6.07, 6.45) is 5.34. The molecule has 156 valence electrons. The number of nitrogens with zero attached hydrogens (tertiary/aromatic N) is 2. The maximum Gasteiger partial charge on any atom is 0.321 e. The van der Waals surface area contributed by atoms with E-state index in [9.17, 15) is 9.59 Å². The van der Waals surface area contributed by atoms with Gasteiger partial charge >= 0.3 is 6.03 Å². The zero-order valence-electron chi connectivity index (χ0n) is 16.3. The molecule has 2 aliphatic heterocycles. The monoisotopic (exact) mass is 418 g/mol. The number of carbonyl (C=O) groups excluding carboxylic acids is 2. The summed E-state index contributed by atoms with van der Waals surface area (Å²) >= 11 is 0. The van der Waals surface area contributed by atoms with Gasteiger partial charge in [0.05, 0.1) is 0 Å². The number of aromatic nitrogens is 2. The molecule has 0 saturated carbocycles. The van der Waals surface area contributed by atoms with Crippen LogP contribution in [0.2, 0.25) is 0 Å². The molecule has 4 N–H and O–H groups in total. The van der Waals surface area contributed by atoms with Crippen molar-refractivity contribution in [1.29, 1.82) is 0 Å². The van der Waals surface area contributed by atoms with Crippen LogP contribution in [-0.2, 0) is 13.0 Å². The molecule has 0 radical (unpaired) electrons. The van der Waals surface area contributed by atoms with Gasteiger partial charge in [-0.1, -0.05) is 12.8 Å². The number of halogens is 1. The number of urea groups is 1. The molecule has 1 saturated heterocycles. The van der Waals surface area contributed by atoms with Gasteiger partial charge in [-0.2, -0.15) is 5.10 Å². The Labute approximate surface area is 176 Å². The third kappa shape index (κ3) is 5.07. The number of carbonyl (C=O) groups is 2. The molecule has 1 aromatic carbocycles. The number of likely N-dealkylation sites (tertiary alicyclic amines) is 1. The molecule has 9 heteroatoms. The first-order valence-electron chi connectivity index (χ1n) is 9.95. The minimum absolute atomic E-state index is 0. The first-order valence-corrected chi connectivity index (χ1v) is 9.95. The van der Waals surface area contributed by atoms with Gasteiger partial charge in [0.25, 0.3) is 5.91 Å². The van der Waals surface area contributed by atoms with Crippen LogP contribution in [0.25, 0.3) is 0 Å². The van der Waals surface area contributed by atoms with Gasteiger partial charge in [-0.05, 0) is 37.1 Å². The molecule has 29 heavy (non-hydrogen) atoms. The van der Waals surface area contributed by atoms with Crippen molar-refractivity contribution in [3.8, 4) is 0 Å². The molecule has 2 aliphatic rings. The van der Waals surface area contributed by atoms with Crippen molar-refractivity contribution in [2.24, 2.45) is 0 Å². The number of H-pyrrole nitrogens is 1. The van der Waals surface area contributed by atoms with E-state index in [0.29, 0.717) is 23.6 Å². The van der Waals surface area contributed by atoms with Crippen LogP contribution in [0.1, 0.15) is 47.4 Å². The number of rotatable bonds is 3. The van der Waals surface area contributed by atoms with Crippen LogP contribution in [-0.4, -0.2) is 46.7 Å². The highest BCUT2D eigenvalue weighted by Crippen LogP contribution is 2.19. The molecule has 8 nitrogen and oxygen atoms in total. The first kappa shape index (κ1) is 21.1. The summed E-state index contributed by atoms with van der Waals surface area (Å²) in [6, 6.07) is 7.11. The summed E-state index contributed by atoms with van der Waals surface area (Å²) in [4.78, 5) is 26.8. The Morgan fingerprint density at radius 3 is 2.31 bits per heavy atom. The predicted molar refractivity (Wildman–Crippen MR) is 115 cm³/mol. The van der Waals surface area contributed by atoms with Crippen molar-refractivity contribution < 1.29 is 9.59 Å². The lowest BCUT2D eigenvalue weighted by Crippen LogP contribution is -2.35. The van der Waals surface area contributed by atoms with Gasteiger partial charge < -0.3 is 20.9 Å². The van der Waals surface area contributed by atoms with E-state index in [1.807, 2.05) is 4.90 Å². The molecule has 0 aliphatic carbocycles. The van der Waals surface area contributed by atoms with E-state index >= 15 is 0 Å². The molecule has 1 fully saturated rings. The minimum Gasteiger partial charge on any atom is -0.325 e.